The molecule has 0 atom stereocenters. The van der Waals surface area contributed by atoms with Gasteiger partial charge < -0.3 is 5.73 Å². The van der Waals surface area contributed by atoms with Crippen LogP contribution >= 0.6 is 0 Å². The molecule has 0 saturated carbocycles. The first kappa shape index (κ1) is 11.3. The number of ketones is 1. The third-order valence-electron chi connectivity index (χ3n) is 2.48. The van der Waals surface area contributed by atoms with Gasteiger partial charge >= 0.3 is 0 Å². The highest BCUT2D eigenvalue weighted by atomic mass is 19.1. The number of benzene rings is 1. The first-order chi connectivity index (χ1) is 8.11. The van der Waals surface area contributed by atoms with Crippen LogP contribution in [0.5, 0.6) is 0 Å². The molecule has 2 aromatic rings. The lowest BCUT2D eigenvalue weighted by atomic mass is 10.0. The van der Waals surface area contributed by atoms with Crippen molar-refractivity contribution >= 4 is 11.5 Å². The van der Waals surface area contributed by atoms with E-state index in [1.54, 1.807) is 10.9 Å². The number of carbonyl (C=O) groups excluding carboxylic acids is 1. The summed E-state index contributed by atoms with van der Waals surface area (Å²) < 4.78 is 14.7. The smallest absolute Gasteiger partial charge is 0.198 e. The van der Waals surface area contributed by atoms with Crippen molar-refractivity contribution in [3.63, 3.8) is 0 Å². The Kier molecular flexibility index (Phi) is 2.91. The molecule has 0 aliphatic heterocycles. The summed E-state index contributed by atoms with van der Waals surface area (Å²) in [5, 5.41) is 3.99. The lowest BCUT2D eigenvalue weighted by Gasteiger charge is -2.02. The Hall–Kier alpha value is -2.17. The Balaban J connectivity index is 2.39. The molecule has 0 aliphatic rings. The third-order valence-corrected chi connectivity index (χ3v) is 2.48. The van der Waals surface area contributed by atoms with Crippen LogP contribution in [0.25, 0.3) is 0 Å². The molecule has 2 rings (SSSR count). The minimum absolute atomic E-state index is 0.167. The van der Waals surface area contributed by atoms with Gasteiger partial charge in [0.15, 0.2) is 5.78 Å². The van der Waals surface area contributed by atoms with E-state index in [2.05, 4.69) is 5.10 Å². The van der Waals surface area contributed by atoms with E-state index in [0.717, 1.165) is 6.07 Å². The summed E-state index contributed by atoms with van der Waals surface area (Å²) in [7, 11) is 0. The molecule has 1 heterocycles. The Morgan fingerprint density at radius 1 is 1.53 bits per heavy atom. The fraction of sp³-hybridized carbons (Fsp3) is 0.167. The van der Waals surface area contributed by atoms with Gasteiger partial charge in [0.05, 0.1) is 11.8 Å². The van der Waals surface area contributed by atoms with Crippen molar-refractivity contribution in [2.45, 2.75) is 13.5 Å². The Bertz CT molecular complexity index is 563. The average molecular weight is 233 g/mol. The number of aromatic nitrogens is 2. The van der Waals surface area contributed by atoms with Crippen LogP contribution in [0.2, 0.25) is 0 Å². The molecular weight excluding hydrogens is 221 g/mol. The normalized spacial score (nSPS) is 10.5. The molecule has 0 fully saturated rings. The lowest BCUT2D eigenvalue weighted by Crippen LogP contribution is -2.05. The number of rotatable bonds is 3. The lowest BCUT2D eigenvalue weighted by molar-refractivity contribution is 0.103. The van der Waals surface area contributed by atoms with Gasteiger partial charge in [-0.3, -0.25) is 9.48 Å². The van der Waals surface area contributed by atoms with Crippen molar-refractivity contribution in [2.75, 3.05) is 5.73 Å². The molecule has 0 amide bonds. The van der Waals surface area contributed by atoms with Crippen molar-refractivity contribution in [1.82, 2.24) is 9.78 Å². The number of anilines is 1. The van der Waals surface area contributed by atoms with Crippen LogP contribution in [-0.4, -0.2) is 15.6 Å². The number of halogens is 1. The molecule has 1 aromatic heterocycles. The fourth-order valence-corrected chi connectivity index (χ4v) is 1.53. The Labute approximate surface area is 97.9 Å². The average Bonchev–Trinajstić information content (AvgIpc) is 2.80. The quantitative estimate of drug-likeness (QED) is 0.650. The van der Waals surface area contributed by atoms with Crippen LogP contribution in [0, 0.1) is 5.82 Å². The summed E-state index contributed by atoms with van der Waals surface area (Å²) in [4.78, 5) is 12.0. The van der Waals surface area contributed by atoms with E-state index in [1.807, 2.05) is 6.92 Å². The SMILES string of the molecule is CCn1cc(C(=O)c2cc(F)ccc2N)cn1. The molecule has 0 aliphatic carbocycles. The third kappa shape index (κ3) is 2.18. The maximum absolute atomic E-state index is 13.1. The molecule has 0 spiro atoms. The second-order valence-electron chi connectivity index (χ2n) is 3.65. The summed E-state index contributed by atoms with van der Waals surface area (Å²) in [5.74, 6) is -0.799. The van der Waals surface area contributed by atoms with Gasteiger partial charge in [0.2, 0.25) is 0 Å². The zero-order valence-corrected chi connectivity index (χ0v) is 9.35. The maximum Gasteiger partial charge on any atom is 0.198 e. The van der Waals surface area contributed by atoms with Gasteiger partial charge in [-0.05, 0) is 25.1 Å². The summed E-state index contributed by atoms with van der Waals surface area (Å²) >= 11 is 0. The molecule has 4 nitrogen and oxygen atoms in total. The van der Waals surface area contributed by atoms with Gasteiger partial charge in [0.1, 0.15) is 5.82 Å². The first-order valence-electron chi connectivity index (χ1n) is 5.24. The van der Waals surface area contributed by atoms with Crippen molar-refractivity contribution in [2.24, 2.45) is 0 Å². The molecule has 0 bridgehead atoms. The van der Waals surface area contributed by atoms with Crippen molar-refractivity contribution in [1.29, 1.82) is 0 Å². The highest BCUT2D eigenvalue weighted by Gasteiger charge is 2.14. The second-order valence-corrected chi connectivity index (χ2v) is 3.65. The van der Waals surface area contributed by atoms with E-state index in [9.17, 15) is 9.18 Å². The van der Waals surface area contributed by atoms with Gasteiger partial charge in [-0.25, -0.2) is 4.39 Å². The predicted octanol–water partition coefficient (Wildman–Crippen LogP) is 1.86. The number of hydrogen-bond acceptors (Lipinski definition) is 3. The summed E-state index contributed by atoms with van der Waals surface area (Å²) in [6.45, 7) is 2.59. The van der Waals surface area contributed by atoms with Gasteiger partial charge in [-0.2, -0.15) is 5.10 Å². The molecule has 0 unspecified atom stereocenters. The number of nitrogens with zero attached hydrogens (tertiary/aromatic N) is 2. The first-order valence-corrected chi connectivity index (χ1v) is 5.24. The Morgan fingerprint density at radius 3 is 2.94 bits per heavy atom. The standard InChI is InChI=1S/C12H12FN3O/c1-2-16-7-8(6-15-16)12(17)10-5-9(13)3-4-11(10)14/h3-7H,2,14H2,1H3. The van der Waals surface area contributed by atoms with Gasteiger partial charge in [0.25, 0.3) is 0 Å². The second kappa shape index (κ2) is 4.37. The van der Waals surface area contributed by atoms with Gasteiger partial charge in [0, 0.05) is 24.0 Å². The topological polar surface area (TPSA) is 60.9 Å². The highest BCUT2D eigenvalue weighted by Crippen LogP contribution is 2.17. The summed E-state index contributed by atoms with van der Waals surface area (Å²) in [6, 6.07) is 3.75. The van der Waals surface area contributed by atoms with E-state index >= 15 is 0 Å². The van der Waals surface area contributed by atoms with Crippen LogP contribution in [0.4, 0.5) is 10.1 Å². The van der Waals surface area contributed by atoms with E-state index < -0.39 is 5.82 Å². The van der Waals surface area contributed by atoms with Crippen LogP contribution in [0.1, 0.15) is 22.8 Å². The molecule has 88 valence electrons. The zero-order chi connectivity index (χ0) is 12.4. The number of aryl methyl sites for hydroxylation is 1. The van der Waals surface area contributed by atoms with E-state index in [-0.39, 0.29) is 17.0 Å². The van der Waals surface area contributed by atoms with Crippen molar-refractivity contribution < 1.29 is 9.18 Å². The van der Waals surface area contributed by atoms with Crippen molar-refractivity contribution in [3.05, 3.63) is 47.5 Å². The Morgan fingerprint density at radius 2 is 2.29 bits per heavy atom. The van der Waals surface area contributed by atoms with Crippen molar-refractivity contribution in [3.8, 4) is 0 Å². The molecular formula is C12H12FN3O. The number of hydrogen-bond donors (Lipinski definition) is 1. The van der Waals surface area contributed by atoms with Crippen LogP contribution in [0.15, 0.2) is 30.6 Å². The molecule has 2 N–H and O–H groups in total. The van der Waals surface area contributed by atoms with Gasteiger partial charge in [-0.15, -0.1) is 0 Å². The highest BCUT2D eigenvalue weighted by molar-refractivity contribution is 6.11. The van der Waals surface area contributed by atoms with E-state index in [4.69, 9.17) is 5.73 Å². The monoisotopic (exact) mass is 233 g/mol. The minimum Gasteiger partial charge on any atom is -0.398 e. The minimum atomic E-state index is -0.481. The van der Waals surface area contributed by atoms with Crippen LogP contribution in [-0.2, 0) is 6.54 Å². The van der Waals surface area contributed by atoms with Crippen LogP contribution < -0.4 is 5.73 Å². The van der Waals surface area contributed by atoms with Gasteiger partial charge in [-0.1, -0.05) is 0 Å². The molecule has 1 aromatic carbocycles. The number of carbonyl (C=O) groups is 1. The van der Waals surface area contributed by atoms with E-state index in [1.165, 1.54) is 18.3 Å². The molecule has 0 radical (unpaired) electrons. The van der Waals surface area contributed by atoms with E-state index in [0.29, 0.717) is 12.1 Å². The number of nitrogen functional groups attached to an aromatic ring is 1. The summed E-state index contributed by atoms with van der Waals surface area (Å²) in [5.41, 5.74) is 6.49. The zero-order valence-electron chi connectivity index (χ0n) is 9.35. The maximum atomic E-state index is 13.1. The predicted molar refractivity (Wildman–Crippen MR) is 62.1 cm³/mol. The molecule has 0 saturated heterocycles. The largest absolute Gasteiger partial charge is 0.398 e. The summed E-state index contributed by atoms with van der Waals surface area (Å²) in [6.07, 6.45) is 3.07. The molecule has 5 heteroatoms. The van der Waals surface area contributed by atoms with Crippen LogP contribution in [0.3, 0.4) is 0 Å². The fourth-order valence-electron chi connectivity index (χ4n) is 1.53. The number of nitrogens with two attached hydrogens (primary N) is 1. The molecule has 17 heavy (non-hydrogen) atoms.